The van der Waals surface area contributed by atoms with Crippen LogP contribution < -0.4 is 10.2 Å². The second-order valence-corrected chi connectivity index (χ2v) is 11.9. The molecule has 1 N–H and O–H groups in total. The van der Waals surface area contributed by atoms with E-state index in [4.69, 9.17) is 4.74 Å². The summed E-state index contributed by atoms with van der Waals surface area (Å²) in [5, 5.41) is 7.97. The number of fused-ring (bicyclic) bond motifs is 1. The van der Waals surface area contributed by atoms with Gasteiger partial charge in [-0.2, -0.15) is 5.10 Å². The number of rotatable bonds is 6. The number of ether oxygens (including phenoxy) is 1. The van der Waals surface area contributed by atoms with Crippen molar-refractivity contribution in [1.29, 1.82) is 0 Å². The Morgan fingerprint density at radius 2 is 1.67 bits per heavy atom. The van der Waals surface area contributed by atoms with Crippen molar-refractivity contribution in [3.63, 3.8) is 0 Å². The van der Waals surface area contributed by atoms with E-state index >= 15 is 4.39 Å². The molecule has 0 radical (unpaired) electrons. The third-order valence-electron chi connectivity index (χ3n) is 7.49. The average Bonchev–Trinajstić information content (AvgIpc) is 3.46. The van der Waals surface area contributed by atoms with Gasteiger partial charge >= 0.3 is 6.09 Å². The molecule has 4 heterocycles. The number of carbonyl (C=O) groups is 2. The fourth-order valence-corrected chi connectivity index (χ4v) is 5.30. The number of halogens is 1. The summed E-state index contributed by atoms with van der Waals surface area (Å²) in [7, 11) is 0. The van der Waals surface area contributed by atoms with Gasteiger partial charge in [0.05, 0.1) is 0 Å². The number of nitrogens with one attached hydrogen (secondary N) is 1. The summed E-state index contributed by atoms with van der Waals surface area (Å²) in [4.78, 5) is 38.5. The molecule has 6 rings (SSSR count). The van der Waals surface area contributed by atoms with Crippen LogP contribution in [-0.2, 0) is 9.53 Å². The van der Waals surface area contributed by atoms with E-state index in [9.17, 15) is 9.59 Å². The van der Waals surface area contributed by atoms with Crippen LogP contribution in [0.3, 0.4) is 0 Å². The van der Waals surface area contributed by atoms with Crippen molar-refractivity contribution in [2.45, 2.75) is 32.4 Å². The van der Waals surface area contributed by atoms with Gasteiger partial charge in [-0.25, -0.2) is 19.2 Å². The van der Waals surface area contributed by atoms with E-state index < -0.39 is 17.5 Å². The van der Waals surface area contributed by atoms with Gasteiger partial charge in [-0.15, -0.1) is 0 Å². The molecule has 2 aromatic carbocycles. The van der Waals surface area contributed by atoms with Crippen LogP contribution in [0.5, 0.6) is 0 Å². The number of benzene rings is 2. The largest absolute Gasteiger partial charge is 0.444 e. The number of nitrogens with zero attached hydrogens (tertiary/aromatic N) is 6. The molecule has 3 aromatic heterocycles. The number of amides is 2. The lowest BCUT2D eigenvalue weighted by molar-refractivity contribution is -0.118. The van der Waals surface area contributed by atoms with Crippen molar-refractivity contribution in [2.75, 3.05) is 36.4 Å². The molecule has 10 nitrogen and oxygen atoms in total. The van der Waals surface area contributed by atoms with Gasteiger partial charge in [0, 0.05) is 61.3 Å². The minimum absolute atomic E-state index is 0.154. The topological polar surface area (TPSA) is 105 Å². The second-order valence-electron chi connectivity index (χ2n) is 11.9. The Balaban J connectivity index is 1.22. The number of hydrogen-bond donors (Lipinski definition) is 1. The third kappa shape index (κ3) is 6.62. The monoisotopic (exact) mass is 607 g/mol. The summed E-state index contributed by atoms with van der Waals surface area (Å²) in [6.45, 7) is 7.82. The van der Waals surface area contributed by atoms with E-state index in [1.807, 2.05) is 63.2 Å². The molecule has 0 bridgehead atoms. The van der Waals surface area contributed by atoms with Crippen LogP contribution in [0.1, 0.15) is 32.4 Å². The van der Waals surface area contributed by atoms with Gasteiger partial charge in [0.25, 0.3) is 5.91 Å². The maximum atomic E-state index is 16.0. The zero-order valence-corrected chi connectivity index (χ0v) is 25.4. The van der Waals surface area contributed by atoms with Crippen molar-refractivity contribution in [2.24, 2.45) is 0 Å². The van der Waals surface area contributed by atoms with Crippen molar-refractivity contribution in [3.05, 3.63) is 103 Å². The van der Waals surface area contributed by atoms with Crippen LogP contribution in [0.15, 0.2) is 91.4 Å². The first kappa shape index (κ1) is 29.7. The highest BCUT2D eigenvalue weighted by Gasteiger charge is 2.27. The van der Waals surface area contributed by atoms with Gasteiger partial charge in [-0.3, -0.25) is 9.48 Å². The van der Waals surface area contributed by atoms with Gasteiger partial charge in [0.1, 0.15) is 22.8 Å². The molecule has 0 aliphatic carbocycles. The molecule has 1 saturated heterocycles. The Kier molecular flexibility index (Phi) is 8.16. The van der Waals surface area contributed by atoms with Crippen molar-refractivity contribution < 1.29 is 18.7 Å². The summed E-state index contributed by atoms with van der Waals surface area (Å²) in [6.07, 6.45) is 4.60. The first-order valence-electron chi connectivity index (χ1n) is 14.8. The number of carbonyl (C=O) groups excluding carboxylic acids is 2. The smallest absolute Gasteiger partial charge is 0.410 e. The van der Waals surface area contributed by atoms with Gasteiger partial charge in [0.15, 0.2) is 11.9 Å². The highest BCUT2D eigenvalue weighted by atomic mass is 19.1. The fourth-order valence-electron chi connectivity index (χ4n) is 5.30. The van der Waals surface area contributed by atoms with Gasteiger partial charge in [-0.1, -0.05) is 48.5 Å². The summed E-state index contributed by atoms with van der Waals surface area (Å²) in [6, 6.07) is 20.8. The number of pyridine rings is 2. The standard InChI is InChI=1S/C34H34FN7O3/c1-34(2,3)45-33(44)41-19-17-40(18-20-41)28-15-13-24(21-37-28)26-14-12-25-22-42(39-30(25)29(26)35)31(23-9-5-4-6-10-23)32(43)38-27-11-7-8-16-36-27/h4-16,21-22,31H,17-20H2,1-3H3,(H,36,38,43)/t31-/m1/s1. The molecular formula is C34H34FN7O3. The van der Waals surface area contributed by atoms with Crippen LogP contribution in [0, 0.1) is 5.82 Å². The molecule has 45 heavy (non-hydrogen) atoms. The molecule has 1 atom stereocenters. The van der Waals surface area contributed by atoms with E-state index in [2.05, 4.69) is 25.3 Å². The van der Waals surface area contributed by atoms with Gasteiger partial charge in [0.2, 0.25) is 0 Å². The molecule has 2 amide bonds. The molecular weight excluding hydrogens is 573 g/mol. The van der Waals surface area contributed by atoms with E-state index in [-0.39, 0.29) is 17.5 Å². The minimum Gasteiger partial charge on any atom is -0.444 e. The number of piperazine rings is 1. The SMILES string of the molecule is CC(C)(C)OC(=O)N1CCN(c2ccc(-c3ccc4cn([C@@H](C(=O)Nc5ccccn5)c5ccccc5)nc4c3F)cn2)CC1. The Morgan fingerprint density at radius 1 is 0.911 bits per heavy atom. The van der Waals surface area contributed by atoms with Crippen molar-refractivity contribution in [1.82, 2.24) is 24.6 Å². The summed E-state index contributed by atoms with van der Waals surface area (Å²) in [5.74, 6) is 0.316. The predicted octanol–water partition coefficient (Wildman–Crippen LogP) is 5.92. The van der Waals surface area contributed by atoms with Crippen LogP contribution in [-0.4, -0.2) is 68.4 Å². The number of hydrogen-bond acceptors (Lipinski definition) is 7. The molecule has 5 aromatic rings. The van der Waals surface area contributed by atoms with E-state index in [0.29, 0.717) is 54.1 Å². The molecule has 0 spiro atoms. The van der Waals surface area contributed by atoms with Gasteiger partial charge < -0.3 is 19.9 Å². The normalized spacial score (nSPS) is 14.3. The Bertz CT molecular complexity index is 1800. The fraction of sp³-hybridized carbons (Fsp3) is 0.265. The zero-order valence-electron chi connectivity index (χ0n) is 25.4. The molecule has 1 aliphatic rings. The van der Waals surface area contributed by atoms with Crippen LogP contribution >= 0.6 is 0 Å². The lowest BCUT2D eigenvalue weighted by Crippen LogP contribution is -2.50. The summed E-state index contributed by atoms with van der Waals surface area (Å²) in [5.41, 5.74) is 1.27. The van der Waals surface area contributed by atoms with E-state index in [1.54, 1.807) is 53.8 Å². The highest BCUT2D eigenvalue weighted by Crippen LogP contribution is 2.31. The maximum absolute atomic E-state index is 16.0. The van der Waals surface area contributed by atoms with Crippen molar-refractivity contribution in [3.8, 4) is 11.1 Å². The predicted molar refractivity (Wildman–Crippen MR) is 170 cm³/mol. The van der Waals surface area contributed by atoms with Crippen molar-refractivity contribution >= 4 is 34.5 Å². The van der Waals surface area contributed by atoms with E-state index in [1.165, 1.54) is 4.68 Å². The molecule has 1 fully saturated rings. The minimum atomic E-state index is -0.847. The molecule has 1 aliphatic heterocycles. The van der Waals surface area contributed by atoms with Crippen LogP contribution in [0.2, 0.25) is 0 Å². The summed E-state index contributed by atoms with van der Waals surface area (Å²) >= 11 is 0. The van der Waals surface area contributed by atoms with Gasteiger partial charge in [-0.05, 0) is 50.6 Å². The first-order chi connectivity index (χ1) is 21.7. The molecule has 0 saturated carbocycles. The lowest BCUT2D eigenvalue weighted by Gasteiger charge is -2.36. The second kappa shape index (κ2) is 12.4. The molecule has 0 unspecified atom stereocenters. The number of anilines is 2. The maximum Gasteiger partial charge on any atom is 0.410 e. The Labute approximate surface area is 260 Å². The zero-order chi connectivity index (χ0) is 31.6. The Hall–Kier alpha value is -5.32. The summed E-state index contributed by atoms with van der Waals surface area (Å²) < 4.78 is 23.0. The molecule has 11 heteroatoms. The van der Waals surface area contributed by atoms with E-state index in [0.717, 1.165) is 5.82 Å². The average molecular weight is 608 g/mol. The van der Waals surface area contributed by atoms with Crippen LogP contribution in [0.25, 0.3) is 22.0 Å². The third-order valence-corrected chi connectivity index (χ3v) is 7.49. The van der Waals surface area contributed by atoms with Crippen LogP contribution in [0.4, 0.5) is 20.8 Å². The highest BCUT2D eigenvalue weighted by molar-refractivity contribution is 5.95. The quantitative estimate of drug-likeness (QED) is 0.256. The lowest BCUT2D eigenvalue weighted by atomic mass is 10.1. The first-order valence-corrected chi connectivity index (χ1v) is 14.8. The molecule has 230 valence electrons. The number of aromatic nitrogens is 4. The Morgan fingerprint density at radius 3 is 2.33 bits per heavy atom.